The standard InChI is InChI=1S/C18H25N3/c1-12(2)19-11-17-9-15(5)20-18(21-17)10-16-7-13(3)6-14(4)8-16/h6-9,12,19H,10-11H2,1-5H3. The molecule has 0 atom stereocenters. The van der Waals surface area contributed by atoms with Gasteiger partial charge >= 0.3 is 0 Å². The van der Waals surface area contributed by atoms with Crippen LogP contribution in [0.5, 0.6) is 0 Å². The molecule has 0 aliphatic heterocycles. The maximum Gasteiger partial charge on any atom is 0.133 e. The predicted octanol–water partition coefficient (Wildman–Crippen LogP) is 3.49. The van der Waals surface area contributed by atoms with Gasteiger partial charge in [0, 0.05) is 24.7 Å². The summed E-state index contributed by atoms with van der Waals surface area (Å²) in [6, 6.07) is 9.14. The largest absolute Gasteiger partial charge is 0.309 e. The molecule has 112 valence electrons. The molecule has 0 fully saturated rings. The molecule has 2 aromatic rings. The van der Waals surface area contributed by atoms with E-state index in [9.17, 15) is 0 Å². The Morgan fingerprint density at radius 1 is 0.952 bits per heavy atom. The lowest BCUT2D eigenvalue weighted by atomic mass is 10.0. The van der Waals surface area contributed by atoms with Crippen molar-refractivity contribution in [1.29, 1.82) is 0 Å². The summed E-state index contributed by atoms with van der Waals surface area (Å²) < 4.78 is 0. The van der Waals surface area contributed by atoms with Crippen LogP contribution >= 0.6 is 0 Å². The van der Waals surface area contributed by atoms with Crippen molar-refractivity contribution in [2.75, 3.05) is 0 Å². The maximum absolute atomic E-state index is 4.69. The topological polar surface area (TPSA) is 37.8 Å². The van der Waals surface area contributed by atoms with E-state index >= 15 is 0 Å². The molecule has 1 heterocycles. The molecule has 1 N–H and O–H groups in total. The van der Waals surface area contributed by atoms with E-state index in [-0.39, 0.29) is 0 Å². The number of hydrogen-bond donors (Lipinski definition) is 1. The highest BCUT2D eigenvalue weighted by atomic mass is 14.9. The minimum absolute atomic E-state index is 0.461. The monoisotopic (exact) mass is 283 g/mol. The lowest BCUT2D eigenvalue weighted by Gasteiger charge is -2.10. The van der Waals surface area contributed by atoms with Crippen LogP contribution < -0.4 is 5.32 Å². The Bertz CT molecular complexity index is 598. The van der Waals surface area contributed by atoms with Gasteiger partial charge in [-0.1, -0.05) is 43.2 Å². The third kappa shape index (κ3) is 4.94. The molecule has 1 aromatic heterocycles. The number of rotatable bonds is 5. The molecule has 0 bridgehead atoms. The van der Waals surface area contributed by atoms with Gasteiger partial charge in [-0.3, -0.25) is 0 Å². The van der Waals surface area contributed by atoms with Crippen LogP contribution in [0.3, 0.4) is 0 Å². The molecule has 0 saturated carbocycles. The summed E-state index contributed by atoms with van der Waals surface area (Å²) >= 11 is 0. The first-order valence-corrected chi connectivity index (χ1v) is 7.56. The first kappa shape index (κ1) is 15.6. The van der Waals surface area contributed by atoms with Crippen molar-refractivity contribution in [3.8, 4) is 0 Å². The fourth-order valence-electron chi connectivity index (χ4n) is 2.53. The molecule has 0 aliphatic rings. The Morgan fingerprint density at radius 2 is 1.62 bits per heavy atom. The molecule has 0 spiro atoms. The van der Waals surface area contributed by atoms with E-state index in [1.54, 1.807) is 0 Å². The van der Waals surface area contributed by atoms with Crippen LogP contribution in [0.4, 0.5) is 0 Å². The van der Waals surface area contributed by atoms with Gasteiger partial charge in [-0.05, 0) is 32.4 Å². The molecule has 0 radical (unpaired) electrons. The van der Waals surface area contributed by atoms with Crippen LogP contribution in [0.1, 0.15) is 47.8 Å². The molecule has 3 nitrogen and oxygen atoms in total. The molecule has 0 amide bonds. The molecular formula is C18H25N3. The zero-order valence-electron chi connectivity index (χ0n) is 13.7. The first-order chi connectivity index (χ1) is 9.92. The first-order valence-electron chi connectivity index (χ1n) is 7.56. The lowest BCUT2D eigenvalue weighted by molar-refractivity contribution is 0.578. The SMILES string of the molecule is Cc1cc(C)cc(Cc2nc(C)cc(CNC(C)C)n2)c1. The van der Waals surface area contributed by atoms with Gasteiger partial charge in [-0.15, -0.1) is 0 Å². The van der Waals surface area contributed by atoms with E-state index in [0.29, 0.717) is 6.04 Å². The van der Waals surface area contributed by atoms with Crippen LogP contribution in [0.15, 0.2) is 24.3 Å². The molecule has 21 heavy (non-hydrogen) atoms. The summed E-state index contributed by atoms with van der Waals surface area (Å²) in [5, 5.41) is 3.41. The van der Waals surface area contributed by atoms with Gasteiger partial charge in [-0.25, -0.2) is 9.97 Å². The highest BCUT2D eigenvalue weighted by molar-refractivity contribution is 5.30. The fourth-order valence-corrected chi connectivity index (χ4v) is 2.53. The zero-order chi connectivity index (χ0) is 15.4. The molecule has 0 unspecified atom stereocenters. The highest BCUT2D eigenvalue weighted by Crippen LogP contribution is 2.13. The van der Waals surface area contributed by atoms with Gasteiger partial charge in [0.05, 0.1) is 5.69 Å². The third-order valence-corrected chi connectivity index (χ3v) is 3.29. The van der Waals surface area contributed by atoms with Crippen molar-refractivity contribution in [1.82, 2.24) is 15.3 Å². The zero-order valence-corrected chi connectivity index (χ0v) is 13.7. The third-order valence-electron chi connectivity index (χ3n) is 3.29. The van der Waals surface area contributed by atoms with E-state index in [1.165, 1.54) is 16.7 Å². The van der Waals surface area contributed by atoms with Gasteiger partial charge in [0.25, 0.3) is 0 Å². The van der Waals surface area contributed by atoms with Crippen molar-refractivity contribution >= 4 is 0 Å². The maximum atomic E-state index is 4.69. The minimum Gasteiger partial charge on any atom is -0.309 e. The second-order valence-electron chi connectivity index (χ2n) is 6.13. The summed E-state index contributed by atoms with van der Waals surface area (Å²) in [5.74, 6) is 0.903. The molecule has 3 heteroatoms. The minimum atomic E-state index is 0.461. The fraction of sp³-hybridized carbons (Fsp3) is 0.444. The van der Waals surface area contributed by atoms with Crippen molar-refractivity contribution in [3.63, 3.8) is 0 Å². The second kappa shape index (κ2) is 6.81. The van der Waals surface area contributed by atoms with Crippen LogP contribution in [0.25, 0.3) is 0 Å². The molecular weight excluding hydrogens is 258 g/mol. The molecule has 0 aliphatic carbocycles. The highest BCUT2D eigenvalue weighted by Gasteiger charge is 2.05. The van der Waals surface area contributed by atoms with Gasteiger partial charge in [0.2, 0.25) is 0 Å². The van der Waals surface area contributed by atoms with Gasteiger partial charge in [-0.2, -0.15) is 0 Å². The van der Waals surface area contributed by atoms with Crippen molar-refractivity contribution in [2.24, 2.45) is 0 Å². The summed E-state index contributed by atoms with van der Waals surface area (Å²) in [6.45, 7) is 11.4. The number of nitrogens with one attached hydrogen (secondary N) is 1. The molecule has 1 aromatic carbocycles. The van der Waals surface area contributed by atoms with E-state index in [0.717, 1.165) is 30.2 Å². The van der Waals surface area contributed by atoms with Gasteiger partial charge in [0.15, 0.2) is 0 Å². The Kier molecular flexibility index (Phi) is 5.07. The smallest absolute Gasteiger partial charge is 0.133 e. The van der Waals surface area contributed by atoms with Crippen molar-refractivity contribution < 1.29 is 0 Å². The number of aryl methyl sites for hydroxylation is 3. The number of hydrogen-bond acceptors (Lipinski definition) is 3. The van der Waals surface area contributed by atoms with Crippen molar-refractivity contribution in [3.05, 3.63) is 58.2 Å². The van der Waals surface area contributed by atoms with Crippen LogP contribution in [-0.4, -0.2) is 16.0 Å². The summed E-state index contributed by atoms with van der Waals surface area (Å²) in [4.78, 5) is 9.26. The summed E-state index contributed by atoms with van der Waals surface area (Å²) in [7, 11) is 0. The van der Waals surface area contributed by atoms with E-state index in [4.69, 9.17) is 0 Å². The van der Waals surface area contributed by atoms with Gasteiger partial charge < -0.3 is 5.32 Å². The number of nitrogens with zero attached hydrogens (tertiary/aromatic N) is 2. The van der Waals surface area contributed by atoms with E-state index < -0.39 is 0 Å². The van der Waals surface area contributed by atoms with Gasteiger partial charge in [0.1, 0.15) is 5.82 Å². The second-order valence-corrected chi connectivity index (χ2v) is 6.13. The average molecular weight is 283 g/mol. The van der Waals surface area contributed by atoms with Crippen molar-refractivity contribution in [2.45, 2.75) is 53.6 Å². The average Bonchev–Trinajstić information content (AvgIpc) is 2.34. The lowest BCUT2D eigenvalue weighted by Crippen LogP contribution is -2.23. The summed E-state index contributed by atoms with van der Waals surface area (Å²) in [5.41, 5.74) is 5.96. The van der Waals surface area contributed by atoms with Crippen LogP contribution in [0.2, 0.25) is 0 Å². The Balaban J connectivity index is 2.19. The van der Waals surface area contributed by atoms with Crippen LogP contribution in [-0.2, 0) is 13.0 Å². The predicted molar refractivity (Wildman–Crippen MR) is 87.5 cm³/mol. The van der Waals surface area contributed by atoms with E-state index in [2.05, 4.69) is 67.2 Å². The Hall–Kier alpha value is -1.74. The van der Waals surface area contributed by atoms with Crippen LogP contribution in [0, 0.1) is 20.8 Å². The quantitative estimate of drug-likeness (QED) is 0.912. The number of aromatic nitrogens is 2. The summed E-state index contributed by atoms with van der Waals surface area (Å²) in [6.07, 6.45) is 0.791. The molecule has 0 saturated heterocycles. The Morgan fingerprint density at radius 3 is 2.24 bits per heavy atom. The molecule has 2 rings (SSSR count). The number of benzene rings is 1. The normalized spacial score (nSPS) is 11.1. The van der Waals surface area contributed by atoms with E-state index in [1.807, 2.05) is 6.92 Å². The Labute approximate surface area is 127 Å².